The molecule has 0 aliphatic heterocycles. The predicted molar refractivity (Wildman–Crippen MR) is 52.3 cm³/mol. The first kappa shape index (κ1) is 10.6. The van der Waals surface area contributed by atoms with Crippen molar-refractivity contribution in [1.29, 1.82) is 0 Å². The minimum atomic E-state index is 0. The first-order chi connectivity index (χ1) is 5.88. The van der Waals surface area contributed by atoms with Crippen LogP contribution in [0.5, 0.6) is 0 Å². The van der Waals surface area contributed by atoms with E-state index in [9.17, 15) is 0 Å². The fourth-order valence-electron chi connectivity index (χ4n) is 0.943. The van der Waals surface area contributed by atoms with Crippen LogP contribution in [-0.2, 0) is 0 Å². The summed E-state index contributed by atoms with van der Waals surface area (Å²) in [6, 6.07) is 9.65. The molecule has 1 N–H and O–H groups in total. The third-order valence-electron chi connectivity index (χ3n) is 1.49. The summed E-state index contributed by atoms with van der Waals surface area (Å²) in [6.45, 7) is 0. The van der Waals surface area contributed by atoms with Crippen molar-refractivity contribution in [1.82, 2.24) is 20.2 Å². The quantitative estimate of drug-likeness (QED) is 0.552. The van der Waals surface area contributed by atoms with Crippen molar-refractivity contribution in [2.24, 2.45) is 0 Å². The van der Waals surface area contributed by atoms with E-state index in [1.807, 2.05) is 30.3 Å². The van der Waals surface area contributed by atoms with Crippen LogP contribution in [0.1, 0.15) is 0 Å². The Morgan fingerprint density at radius 1 is 1.23 bits per heavy atom. The van der Waals surface area contributed by atoms with Crippen molar-refractivity contribution < 1.29 is 0 Å². The maximum absolute atomic E-state index is 4.93. The van der Waals surface area contributed by atoms with Gasteiger partial charge in [-0.1, -0.05) is 28.5 Å². The fraction of sp³-hybridized carbons (Fsp3) is 0. The molecular weight excluding hydrogens is 195 g/mol. The zero-order chi connectivity index (χ0) is 8.39. The number of benzene rings is 1. The molecule has 13 heavy (non-hydrogen) atoms. The average molecular weight is 201 g/mol. The van der Waals surface area contributed by atoms with Gasteiger partial charge in [-0.2, -0.15) is 5.21 Å². The minimum absolute atomic E-state index is 0. The average Bonchev–Trinajstić information content (AvgIpc) is 2.53. The number of aromatic nitrogens is 4. The molecule has 0 saturated heterocycles. The topological polar surface area (TPSA) is 46.5 Å². The maximum atomic E-state index is 4.93. The summed E-state index contributed by atoms with van der Waals surface area (Å²) >= 11 is 4.93. The van der Waals surface area contributed by atoms with Gasteiger partial charge in [0.05, 0.1) is 5.69 Å². The molecule has 2 rings (SSSR count). The van der Waals surface area contributed by atoms with E-state index in [0.717, 1.165) is 5.69 Å². The first-order valence-electron chi connectivity index (χ1n) is 3.43. The molecular formula is C7H6N4NaS. The summed E-state index contributed by atoms with van der Waals surface area (Å²) in [5.74, 6) is 0. The molecule has 4 nitrogen and oxygen atoms in total. The second kappa shape index (κ2) is 4.66. The van der Waals surface area contributed by atoms with Gasteiger partial charge in [0.2, 0.25) is 4.77 Å². The van der Waals surface area contributed by atoms with Crippen LogP contribution in [0.2, 0.25) is 0 Å². The largest absolute Gasteiger partial charge is 0.242 e. The Kier molecular flexibility index (Phi) is 3.80. The molecule has 0 fully saturated rings. The molecule has 1 aromatic heterocycles. The molecule has 1 aromatic carbocycles. The monoisotopic (exact) mass is 201 g/mol. The van der Waals surface area contributed by atoms with Crippen LogP contribution in [-0.4, -0.2) is 49.8 Å². The molecule has 0 unspecified atom stereocenters. The van der Waals surface area contributed by atoms with Crippen molar-refractivity contribution in [3.05, 3.63) is 35.1 Å². The molecule has 0 spiro atoms. The van der Waals surface area contributed by atoms with Crippen molar-refractivity contribution >= 4 is 41.8 Å². The minimum Gasteiger partial charge on any atom is -0.210 e. The maximum Gasteiger partial charge on any atom is 0.242 e. The van der Waals surface area contributed by atoms with Gasteiger partial charge in [0.15, 0.2) is 0 Å². The number of hydrogen-bond donors (Lipinski definition) is 1. The fourth-order valence-corrected chi connectivity index (χ4v) is 1.13. The SMILES string of the molecule is S=c1nn[nH]n1-c1ccccc1.[Na]. The number of rotatable bonds is 1. The summed E-state index contributed by atoms with van der Waals surface area (Å²) in [4.78, 5) is 0. The Labute approximate surface area is 102 Å². The van der Waals surface area contributed by atoms with Crippen molar-refractivity contribution in [3.8, 4) is 5.69 Å². The Hall–Kier alpha value is -0.490. The van der Waals surface area contributed by atoms with Crippen LogP contribution in [0.25, 0.3) is 5.69 Å². The van der Waals surface area contributed by atoms with E-state index in [4.69, 9.17) is 12.2 Å². The van der Waals surface area contributed by atoms with Crippen LogP contribution >= 0.6 is 12.2 Å². The second-order valence-electron chi connectivity index (χ2n) is 2.25. The number of H-pyrrole nitrogens is 1. The van der Waals surface area contributed by atoms with Gasteiger partial charge in [-0.05, 0) is 24.4 Å². The van der Waals surface area contributed by atoms with Crippen LogP contribution < -0.4 is 0 Å². The second-order valence-corrected chi connectivity index (χ2v) is 2.62. The van der Waals surface area contributed by atoms with Gasteiger partial charge in [-0.15, -0.1) is 0 Å². The molecule has 6 heteroatoms. The van der Waals surface area contributed by atoms with E-state index in [1.165, 1.54) is 0 Å². The molecule has 2 aromatic rings. The molecule has 0 bridgehead atoms. The zero-order valence-electron chi connectivity index (χ0n) is 7.14. The molecule has 0 saturated carbocycles. The van der Waals surface area contributed by atoms with Crippen LogP contribution in [0, 0.1) is 4.77 Å². The molecule has 1 radical (unpaired) electrons. The summed E-state index contributed by atoms with van der Waals surface area (Å²) in [5.41, 5.74) is 0.938. The van der Waals surface area contributed by atoms with Gasteiger partial charge in [0.25, 0.3) is 0 Å². The number of nitrogens with zero attached hydrogens (tertiary/aromatic N) is 3. The van der Waals surface area contributed by atoms with E-state index in [0.29, 0.717) is 4.77 Å². The Bertz CT molecular complexity index is 421. The zero-order valence-corrected chi connectivity index (χ0v) is 9.95. The molecule has 0 atom stereocenters. The van der Waals surface area contributed by atoms with Gasteiger partial charge in [-0.25, -0.2) is 4.68 Å². The van der Waals surface area contributed by atoms with E-state index in [1.54, 1.807) is 4.68 Å². The van der Waals surface area contributed by atoms with E-state index >= 15 is 0 Å². The van der Waals surface area contributed by atoms with Gasteiger partial charge in [0, 0.05) is 29.6 Å². The third-order valence-corrected chi connectivity index (χ3v) is 1.75. The van der Waals surface area contributed by atoms with Crippen LogP contribution in [0.15, 0.2) is 30.3 Å². The Balaban J connectivity index is 0.000000845. The smallest absolute Gasteiger partial charge is 0.210 e. The van der Waals surface area contributed by atoms with Crippen molar-refractivity contribution in [2.45, 2.75) is 0 Å². The van der Waals surface area contributed by atoms with Gasteiger partial charge >= 0.3 is 0 Å². The summed E-state index contributed by atoms with van der Waals surface area (Å²) < 4.78 is 2.07. The number of para-hydroxylation sites is 1. The third kappa shape index (κ3) is 2.25. The standard InChI is InChI=1S/C7H6N4S.Na/c12-7-8-9-10-11(7)6-4-2-1-3-5-6;/h1-5H,(H,8,10,12);. The number of hydrogen-bond acceptors (Lipinski definition) is 3. The van der Waals surface area contributed by atoms with Crippen LogP contribution in [0.3, 0.4) is 0 Å². The summed E-state index contributed by atoms with van der Waals surface area (Å²) in [5, 5.41) is 9.92. The normalized spacial score (nSPS) is 9.23. The molecule has 0 aliphatic carbocycles. The van der Waals surface area contributed by atoms with Gasteiger partial charge < -0.3 is 0 Å². The van der Waals surface area contributed by atoms with E-state index < -0.39 is 0 Å². The molecule has 0 aliphatic rings. The summed E-state index contributed by atoms with van der Waals surface area (Å²) in [7, 11) is 0. The first-order valence-corrected chi connectivity index (χ1v) is 3.84. The van der Waals surface area contributed by atoms with Crippen molar-refractivity contribution in [2.75, 3.05) is 0 Å². The molecule has 0 amide bonds. The number of tetrazole rings is 1. The molecule has 61 valence electrons. The van der Waals surface area contributed by atoms with E-state index in [2.05, 4.69) is 15.5 Å². The molecule has 1 heterocycles. The van der Waals surface area contributed by atoms with Gasteiger partial charge in [-0.3, -0.25) is 0 Å². The van der Waals surface area contributed by atoms with Crippen molar-refractivity contribution in [3.63, 3.8) is 0 Å². The Morgan fingerprint density at radius 3 is 2.46 bits per heavy atom. The summed E-state index contributed by atoms with van der Waals surface area (Å²) in [6.07, 6.45) is 0. The Morgan fingerprint density at radius 2 is 1.92 bits per heavy atom. The van der Waals surface area contributed by atoms with E-state index in [-0.39, 0.29) is 29.6 Å². The predicted octanol–water partition coefficient (Wildman–Crippen LogP) is 0.944. The number of aromatic amines is 1. The van der Waals surface area contributed by atoms with Gasteiger partial charge in [0.1, 0.15) is 0 Å². The van der Waals surface area contributed by atoms with Crippen LogP contribution in [0.4, 0.5) is 0 Å². The number of nitrogens with one attached hydrogen (secondary N) is 1.